The zero-order valence-corrected chi connectivity index (χ0v) is 17.0. The fourth-order valence-corrected chi connectivity index (χ4v) is 2.71. The van der Waals surface area contributed by atoms with Gasteiger partial charge in [0.05, 0.1) is 11.3 Å². The average Bonchev–Trinajstić information content (AvgIpc) is 2.51. The minimum atomic E-state index is -0.526. The number of ether oxygens (including phenoxy) is 1. The molecule has 7 nitrogen and oxygen atoms in total. The molecule has 2 rings (SSSR count). The molecule has 0 fully saturated rings. The number of carbonyl (C=O) groups excluding carboxylic acids is 2. The zero-order valence-electron chi connectivity index (χ0n) is 17.0. The number of nitrogens with zero attached hydrogens (tertiary/aromatic N) is 1. The quantitative estimate of drug-likeness (QED) is 0.738. The molecule has 7 heteroatoms. The fraction of sp³-hybridized carbons (Fsp3) is 0.550. The van der Waals surface area contributed by atoms with E-state index in [2.05, 4.69) is 21.2 Å². The first-order valence-corrected chi connectivity index (χ1v) is 9.17. The smallest absolute Gasteiger partial charge is 0.408 e. The van der Waals surface area contributed by atoms with Gasteiger partial charge >= 0.3 is 6.09 Å². The van der Waals surface area contributed by atoms with Crippen LogP contribution in [-0.2, 0) is 9.53 Å². The molecular weight excluding hydrogens is 344 g/mol. The van der Waals surface area contributed by atoms with Crippen molar-refractivity contribution >= 4 is 23.4 Å². The molecule has 1 unspecified atom stereocenters. The van der Waals surface area contributed by atoms with Gasteiger partial charge in [0.15, 0.2) is 0 Å². The first-order chi connectivity index (χ1) is 12.5. The third kappa shape index (κ3) is 6.58. The summed E-state index contributed by atoms with van der Waals surface area (Å²) in [5.41, 5.74) is 4.34. The molecule has 0 bridgehead atoms. The molecule has 0 radical (unpaired) electrons. The largest absolute Gasteiger partial charge is 0.444 e. The van der Waals surface area contributed by atoms with Crippen molar-refractivity contribution in [3.8, 4) is 0 Å². The highest BCUT2D eigenvalue weighted by molar-refractivity contribution is 6.05. The molecule has 1 heterocycles. The van der Waals surface area contributed by atoms with Crippen molar-refractivity contribution < 1.29 is 14.3 Å². The van der Waals surface area contributed by atoms with E-state index < -0.39 is 17.2 Å². The molecule has 0 saturated heterocycles. The number of rotatable bonds is 5. The molecule has 1 aromatic rings. The van der Waals surface area contributed by atoms with Gasteiger partial charge in [0.2, 0.25) is 5.91 Å². The van der Waals surface area contributed by atoms with E-state index in [0.717, 1.165) is 17.0 Å². The Morgan fingerprint density at radius 2 is 1.85 bits per heavy atom. The number of hydrazone groups is 1. The van der Waals surface area contributed by atoms with Crippen LogP contribution in [0.5, 0.6) is 0 Å². The summed E-state index contributed by atoms with van der Waals surface area (Å²) in [5.74, 6) is 0.0405. The van der Waals surface area contributed by atoms with Crippen LogP contribution >= 0.6 is 0 Å². The maximum Gasteiger partial charge on any atom is 0.408 e. The average molecular weight is 374 g/mol. The van der Waals surface area contributed by atoms with E-state index in [4.69, 9.17) is 4.74 Å². The second kappa shape index (κ2) is 7.98. The van der Waals surface area contributed by atoms with Crippen LogP contribution in [-0.4, -0.2) is 35.4 Å². The number of hydrogen-bond donors (Lipinski definition) is 3. The Bertz CT molecular complexity index is 718. The molecule has 2 amide bonds. The van der Waals surface area contributed by atoms with Crippen LogP contribution in [0.4, 0.5) is 10.5 Å². The number of carbonyl (C=O) groups is 2. The number of amides is 2. The van der Waals surface area contributed by atoms with Crippen molar-refractivity contribution in [1.29, 1.82) is 0 Å². The highest BCUT2D eigenvalue weighted by atomic mass is 16.6. The lowest BCUT2D eigenvalue weighted by molar-refractivity contribution is -0.121. The Hall–Kier alpha value is -2.57. The minimum absolute atomic E-state index is 0.0516. The van der Waals surface area contributed by atoms with Crippen molar-refractivity contribution in [2.24, 2.45) is 11.0 Å². The van der Waals surface area contributed by atoms with Crippen molar-refractivity contribution in [3.63, 3.8) is 0 Å². The van der Waals surface area contributed by atoms with E-state index in [-0.39, 0.29) is 11.8 Å². The summed E-state index contributed by atoms with van der Waals surface area (Å²) in [5, 5.41) is 10.4. The maximum absolute atomic E-state index is 12.0. The minimum Gasteiger partial charge on any atom is -0.444 e. The van der Waals surface area contributed by atoms with Crippen LogP contribution in [0.1, 0.15) is 53.5 Å². The molecule has 1 aromatic carbocycles. The zero-order chi connectivity index (χ0) is 20.2. The van der Waals surface area contributed by atoms with E-state index in [9.17, 15) is 9.59 Å². The summed E-state index contributed by atoms with van der Waals surface area (Å²) in [4.78, 5) is 23.3. The molecule has 1 aliphatic rings. The second-order valence-corrected chi connectivity index (χ2v) is 8.58. The first kappa shape index (κ1) is 20.7. The van der Waals surface area contributed by atoms with Crippen molar-refractivity contribution in [2.75, 3.05) is 11.9 Å². The number of alkyl carbamates (subject to hydrolysis) is 1. The van der Waals surface area contributed by atoms with Crippen LogP contribution in [0.3, 0.4) is 0 Å². The van der Waals surface area contributed by atoms with Crippen LogP contribution in [0.15, 0.2) is 29.4 Å². The van der Waals surface area contributed by atoms with E-state index in [1.807, 2.05) is 65.8 Å². The standard InChI is InChI=1S/C20H30N4O3/c1-13-11-16(25)23-24-17(13)14-7-9-15(10-8-14)21-12-20(5,6)22-18(26)27-19(2,3)4/h7-10,13,21H,11-12H2,1-6H3,(H,22,26)(H,23,25). The first-order valence-electron chi connectivity index (χ1n) is 9.17. The van der Waals surface area contributed by atoms with E-state index >= 15 is 0 Å². The number of anilines is 1. The number of benzene rings is 1. The van der Waals surface area contributed by atoms with Gasteiger partial charge in [-0.1, -0.05) is 19.1 Å². The summed E-state index contributed by atoms with van der Waals surface area (Å²) in [7, 11) is 0. The van der Waals surface area contributed by atoms with Gasteiger partial charge in [0.1, 0.15) is 5.60 Å². The van der Waals surface area contributed by atoms with Gasteiger partial charge in [-0.2, -0.15) is 5.10 Å². The Balaban J connectivity index is 1.92. The molecule has 0 spiro atoms. The SMILES string of the molecule is CC1CC(=O)NN=C1c1ccc(NCC(C)(C)NC(=O)OC(C)(C)C)cc1. The molecule has 0 aromatic heterocycles. The topological polar surface area (TPSA) is 91.8 Å². The van der Waals surface area contributed by atoms with Gasteiger partial charge in [-0.25, -0.2) is 10.2 Å². The molecule has 1 aliphatic heterocycles. The fourth-order valence-electron chi connectivity index (χ4n) is 2.71. The molecular formula is C20H30N4O3. The normalized spacial score (nSPS) is 17.6. The number of hydrogen-bond acceptors (Lipinski definition) is 5. The summed E-state index contributed by atoms with van der Waals surface area (Å²) in [6, 6.07) is 7.88. The van der Waals surface area contributed by atoms with Crippen LogP contribution in [0.2, 0.25) is 0 Å². The van der Waals surface area contributed by atoms with Crippen LogP contribution < -0.4 is 16.1 Å². The van der Waals surface area contributed by atoms with Crippen molar-refractivity contribution in [2.45, 2.75) is 59.1 Å². The van der Waals surface area contributed by atoms with Gasteiger partial charge in [0.25, 0.3) is 0 Å². The summed E-state index contributed by atoms with van der Waals surface area (Å²) < 4.78 is 5.31. The molecule has 1 atom stereocenters. The molecule has 148 valence electrons. The third-order valence-electron chi connectivity index (χ3n) is 4.01. The van der Waals surface area contributed by atoms with Gasteiger partial charge in [-0.3, -0.25) is 4.79 Å². The molecule has 3 N–H and O–H groups in total. The van der Waals surface area contributed by atoms with E-state index in [0.29, 0.717) is 13.0 Å². The highest BCUT2D eigenvalue weighted by Crippen LogP contribution is 2.19. The Kier molecular flexibility index (Phi) is 6.13. The Labute approximate surface area is 160 Å². The molecule has 27 heavy (non-hydrogen) atoms. The maximum atomic E-state index is 12.0. The summed E-state index contributed by atoms with van der Waals surface area (Å²) >= 11 is 0. The lowest BCUT2D eigenvalue weighted by atomic mass is 9.94. The predicted molar refractivity (Wildman–Crippen MR) is 107 cm³/mol. The van der Waals surface area contributed by atoms with Crippen molar-refractivity contribution in [1.82, 2.24) is 10.7 Å². The van der Waals surface area contributed by atoms with Crippen LogP contribution in [0, 0.1) is 5.92 Å². The van der Waals surface area contributed by atoms with E-state index in [1.54, 1.807) is 0 Å². The monoisotopic (exact) mass is 374 g/mol. The Morgan fingerprint density at radius 3 is 2.41 bits per heavy atom. The van der Waals surface area contributed by atoms with Crippen LogP contribution in [0.25, 0.3) is 0 Å². The van der Waals surface area contributed by atoms with Gasteiger partial charge in [-0.05, 0) is 52.3 Å². The van der Waals surface area contributed by atoms with E-state index in [1.165, 1.54) is 0 Å². The molecule has 0 aliphatic carbocycles. The van der Waals surface area contributed by atoms with Gasteiger partial charge in [-0.15, -0.1) is 0 Å². The lowest BCUT2D eigenvalue weighted by Crippen LogP contribution is -2.49. The van der Waals surface area contributed by atoms with Gasteiger partial charge in [0, 0.05) is 24.6 Å². The predicted octanol–water partition coefficient (Wildman–Crippen LogP) is 3.26. The third-order valence-corrected chi connectivity index (χ3v) is 4.01. The highest BCUT2D eigenvalue weighted by Gasteiger charge is 2.25. The second-order valence-electron chi connectivity index (χ2n) is 8.58. The van der Waals surface area contributed by atoms with Gasteiger partial charge < -0.3 is 15.4 Å². The summed E-state index contributed by atoms with van der Waals surface area (Å²) in [6.45, 7) is 11.9. The molecule has 0 saturated carbocycles. The lowest BCUT2D eigenvalue weighted by Gasteiger charge is -2.29. The number of nitrogens with one attached hydrogen (secondary N) is 3. The van der Waals surface area contributed by atoms with Crippen molar-refractivity contribution in [3.05, 3.63) is 29.8 Å². The Morgan fingerprint density at radius 1 is 1.22 bits per heavy atom. The summed E-state index contributed by atoms with van der Waals surface area (Å²) in [6.07, 6.45) is 0.0135.